The van der Waals surface area contributed by atoms with E-state index in [-0.39, 0.29) is 11.3 Å². The van der Waals surface area contributed by atoms with Crippen LogP contribution in [0.3, 0.4) is 0 Å². The number of benzene rings is 2. The summed E-state index contributed by atoms with van der Waals surface area (Å²) in [5.74, 6) is -1.23. The number of anilines is 1. The first-order valence-corrected chi connectivity index (χ1v) is 7.22. The molecule has 0 spiro atoms. The third-order valence-electron chi connectivity index (χ3n) is 3.20. The molecular formula is C16H13ClN2O5. The van der Waals surface area contributed by atoms with Crippen LogP contribution in [0, 0.1) is 10.1 Å². The van der Waals surface area contributed by atoms with Gasteiger partial charge < -0.3 is 10.1 Å². The van der Waals surface area contributed by atoms with E-state index in [1.165, 1.54) is 24.3 Å². The second-order valence-corrected chi connectivity index (χ2v) is 5.18. The predicted octanol–water partition coefficient (Wildman–Crippen LogP) is 3.33. The lowest BCUT2D eigenvalue weighted by Crippen LogP contribution is -2.15. The van der Waals surface area contributed by atoms with Crippen LogP contribution < -0.4 is 5.32 Å². The summed E-state index contributed by atoms with van der Waals surface area (Å²) in [5, 5.41) is 14.1. The van der Waals surface area contributed by atoms with E-state index in [2.05, 4.69) is 5.32 Å². The lowest BCUT2D eigenvalue weighted by molar-refractivity contribution is -0.384. The minimum atomic E-state index is -0.828. The smallest absolute Gasteiger partial charge is 0.340 e. The standard InChI is InChI=1S/C16H13ClN2O5/c1-18-14-7-6-12(19(22)23)8-13(14)16(21)24-9-15(20)10-2-4-11(17)5-3-10/h2-8,18H,9H2,1H3. The number of nitrogens with zero attached hydrogens (tertiary/aromatic N) is 1. The van der Waals surface area contributed by atoms with Crippen LogP contribution in [0.2, 0.25) is 5.02 Å². The molecule has 0 saturated heterocycles. The van der Waals surface area contributed by atoms with E-state index in [9.17, 15) is 19.7 Å². The molecule has 8 heteroatoms. The van der Waals surface area contributed by atoms with Crippen molar-refractivity contribution in [3.8, 4) is 0 Å². The molecule has 2 aromatic carbocycles. The number of nitro groups is 1. The summed E-state index contributed by atoms with van der Waals surface area (Å²) in [6.07, 6.45) is 0. The molecule has 7 nitrogen and oxygen atoms in total. The second-order valence-electron chi connectivity index (χ2n) is 4.74. The first kappa shape index (κ1) is 17.4. The highest BCUT2D eigenvalue weighted by Gasteiger charge is 2.19. The van der Waals surface area contributed by atoms with Crippen molar-refractivity contribution in [2.24, 2.45) is 0 Å². The minimum absolute atomic E-state index is 0.0180. The van der Waals surface area contributed by atoms with Gasteiger partial charge in [-0.2, -0.15) is 0 Å². The van der Waals surface area contributed by atoms with Crippen LogP contribution in [0.5, 0.6) is 0 Å². The number of nitro benzene ring substituents is 1. The van der Waals surface area contributed by atoms with Crippen LogP contribution in [0.15, 0.2) is 42.5 Å². The number of hydrogen-bond acceptors (Lipinski definition) is 6. The Morgan fingerprint density at radius 1 is 1.21 bits per heavy atom. The molecule has 2 aromatic rings. The van der Waals surface area contributed by atoms with Crippen LogP contribution in [0.25, 0.3) is 0 Å². The molecule has 1 N–H and O–H groups in total. The molecule has 0 bridgehead atoms. The summed E-state index contributed by atoms with van der Waals surface area (Å²) >= 11 is 5.74. The molecule has 0 unspecified atom stereocenters. The molecule has 0 atom stereocenters. The van der Waals surface area contributed by atoms with E-state index in [1.54, 1.807) is 19.2 Å². The summed E-state index contributed by atoms with van der Waals surface area (Å²) < 4.78 is 4.97. The van der Waals surface area contributed by atoms with Gasteiger partial charge in [-0.05, 0) is 30.3 Å². The summed E-state index contributed by atoms with van der Waals surface area (Å²) in [6.45, 7) is -0.480. The normalized spacial score (nSPS) is 10.1. The van der Waals surface area contributed by atoms with E-state index in [4.69, 9.17) is 16.3 Å². The molecule has 0 saturated carbocycles. The predicted molar refractivity (Wildman–Crippen MR) is 88.7 cm³/mol. The summed E-state index contributed by atoms with van der Waals surface area (Å²) in [5.41, 5.74) is 0.449. The van der Waals surface area contributed by atoms with Gasteiger partial charge in [0.05, 0.1) is 10.5 Å². The average molecular weight is 349 g/mol. The van der Waals surface area contributed by atoms with Crippen LogP contribution >= 0.6 is 11.6 Å². The fourth-order valence-electron chi connectivity index (χ4n) is 1.96. The minimum Gasteiger partial charge on any atom is -0.454 e. The highest BCUT2D eigenvalue weighted by Crippen LogP contribution is 2.22. The number of halogens is 1. The molecule has 0 aliphatic heterocycles. The molecule has 2 rings (SSSR count). The number of ketones is 1. The van der Waals surface area contributed by atoms with Crippen molar-refractivity contribution in [3.05, 3.63) is 68.7 Å². The Morgan fingerprint density at radius 3 is 2.46 bits per heavy atom. The number of Topliss-reactive ketones (excluding diaryl/α,β-unsaturated/α-hetero) is 1. The fraction of sp³-hybridized carbons (Fsp3) is 0.125. The molecule has 0 radical (unpaired) electrons. The van der Waals surface area contributed by atoms with Gasteiger partial charge in [-0.1, -0.05) is 11.6 Å². The fourth-order valence-corrected chi connectivity index (χ4v) is 2.09. The number of carbonyl (C=O) groups excluding carboxylic acids is 2. The van der Waals surface area contributed by atoms with Crippen molar-refractivity contribution in [1.29, 1.82) is 0 Å². The van der Waals surface area contributed by atoms with Crippen molar-refractivity contribution < 1.29 is 19.2 Å². The lowest BCUT2D eigenvalue weighted by Gasteiger charge is -2.09. The zero-order valence-electron chi connectivity index (χ0n) is 12.6. The Morgan fingerprint density at radius 2 is 1.88 bits per heavy atom. The average Bonchev–Trinajstić information content (AvgIpc) is 2.59. The van der Waals surface area contributed by atoms with Gasteiger partial charge in [0.15, 0.2) is 12.4 Å². The lowest BCUT2D eigenvalue weighted by atomic mass is 10.1. The maximum Gasteiger partial charge on any atom is 0.340 e. The summed E-state index contributed by atoms with van der Waals surface area (Å²) in [7, 11) is 1.57. The Hall–Kier alpha value is -2.93. The van der Waals surface area contributed by atoms with Gasteiger partial charge in [0.1, 0.15) is 0 Å². The van der Waals surface area contributed by atoms with Crippen molar-refractivity contribution in [3.63, 3.8) is 0 Å². The van der Waals surface area contributed by atoms with Gasteiger partial charge in [-0.25, -0.2) is 4.79 Å². The van der Waals surface area contributed by atoms with Crippen LogP contribution in [0.1, 0.15) is 20.7 Å². The SMILES string of the molecule is CNc1ccc([N+](=O)[O-])cc1C(=O)OCC(=O)c1ccc(Cl)cc1. The van der Waals surface area contributed by atoms with E-state index in [0.29, 0.717) is 16.3 Å². The molecule has 0 aliphatic carbocycles. The molecule has 24 heavy (non-hydrogen) atoms. The van der Waals surface area contributed by atoms with Crippen molar-refractivity contribution in [1.82, 2.24) is 0 Å². The summed E-state index contributed by atoms with van der Waals surface area (Å²) in [6, 6.07) is 9.90. The Bertz CT molecular complexity index is 790. The van der Waals surface area contributed by atoms with E-state index >= 15 is 0 Å². The number of ether oxygens (including phenoxy) is 1. The van der Waals surface area contributed by atoms with Gasteiger partial charge in [0.2, 0.25) is 0 Å². The number of non-ortho nitro benzene ring substituents is 1. The molecule has 0 aliphatic rings. The van der Waals surface area contributed by atoms with Gasteiger partial charge in [0.25, 0.3) is 5.69 Å². The Balaban J connectivity index is 2.11. The van der Waals surface area contributed by atoms with Gasteiger partial charge in [-0.3, -0.25) is 14.9 Å². The zero-order valence-corrected chi connectivity index (χ0v) is 13.4. The molecular weight excluding hydrogens is 336 g/mol. The Labute approximate surface area is 142 Å². The Kier molecular flexibility index (Phi) is 5.49. The number of nitrogens with one attached hydrogen (secondary N) is 1. The molecule has 124 valence electrons. The van der Waals surface area contributed by atoms with Crippen LogP contribution in [-0.2, 0) is 4.74 Å². The van der Waals surface area contributed by atoms with Crippen molar-refractivity contribution in [2.45, 2.75) is 0 Å². The number of carbonyl (C=O) groups is 2. The molecule has 0 amide bonds. The second kappa shape index (κ2) is 7.56. The van der Waals surface area contributed by atoms with E-state index < -0.39 is 23.3 Å². The summed E-state index contributed by atoms with van der Waals surface area (Å²) in [4.78, 5) is 34.3. The third-order valence-corrected chi connectivity index (χ3v) is 3.46. The molecule has 0 fully saturated rings. The first-order valence-electron chi connectivity index (χ1n) is 6.84. The van der Waals surface area contributed by atoms with Gasteiger partial charge in [-0.15, -0.1) is 0 Å². The molecule has 0 aromatic heterocycles. The van der Waals surface area contributed by atoms with Crippen LogP contribution in [0.4, 0.5) is 11.4 Å². The zero-order chi connectivity index (χ0) is 17.7. The first-order chi connectivity index (χ1) is 11.4. The van der Waals surface area contributed by atoms with Crippen molar-refractivity contribution >= 4 is 34.7 Å². The maximum atomic E-state index is 12.1. The quantitative estimate of drug-likeness (QED) is 0.372. The van der Waals surface area contributed by atoms with Crippen molar-refractivity contribution in [2.75, 3.05) is 19.0 Å². The van der Waals surface area contributed by atoms with E-state index in [1.807, 2.05) is 0 Å². The topological polar surface area (TPSA) is 98.5 Å². The third kappa shape index (κ3) is 4.08. The number of rotatable bonds is 6. The van der Waals surface area contributed by atoms with E-state index in [0.717, 1.165) is 6.07 Å². The number of esters is 1. The highest BCUT2D eigenvalue weighted by molar-refractivity contribution is 6.30. The highest BCUT2D eigenvalue weighted by atomic mass is 35.5. The number of hydrogen-bond donors (Lipinski definition) is 1. The van der Waals surface area contributed by atoms with Gasteiger partial charge >= 0.3 is 5.97 Å². The largest absolute Gasteiger partial charge is 0.454 e. The van der Waals surface area contributed by atoms with Crippen LogP contribution in [-0.4, -0.2) is 30.3 Å². The van der Waals surface area contributed by atoms with Gasteiger partial charge in [0, 0.05) is 35.5 Å². The molecule has 0 heterocycles. The maximum absolute atomic E-state index is 12.1. The monoisotopic (exact) mass is 348 g/mol.